The summed E-state index contributed by atoms with van der Waals surface area (Å²) >= 11 is 0. The molecule has 0 saturated heterocycles. The average molecular weight is 410 g/mol. The van der Waals surface area contributed by atoms with E-state index in [4.69, 9.17) is 0 Å². The summed E-state index contributed by atoms with van der Waals surface area (Å²) in [4.78, 5) is 0. The molecule has 3 rings (SSSR count). The highest BCUT2D eigenvalue weighted by atomic mass is 19.3. The van der Waals surface area contributed by atoms with Gasteiger partial charge in [-0.25, -0.2) is 22.0 Å². The van der Waals surface area contributed by atoms with E-state index in [2.05, 4.69) is 11.7 Å². The van der Waals surface area contributed by atoms with E-state index in [1.165, 1.54) is 0 Å². The van der Waals surface area contributed by atoms with Crippen molar-refractivity contribution in [2.45, 2.75) is 44.6 Å². The predicted octanol–water partition coefficient (Wildman–Crippen LogP) is 7.30. The Hall–Kier alpha value is -2.25. The molecule has 0 unspecified atom stereocenters. The first-order valence-electron chi connectivity index (χ1n) is 8.79. The van der Waals surface area contributed by atoms with Gasteiger partial charge < -0.3 is 4.74 Å². The van der Waals surface area contributed by atoms with Crippen LogP contribution < -0.4 is 4.74 Å². The van der Waals surface area contributed by atoms with E-state index in [1.807, 2.05) is 0 Å². The largest absolute Gasteiger partial charge is 0.432 e. The van der Waals surface area contributed by atoms with Crippen molar-refractivity contribution in [2.75, 3.05) is 0 Å². The minimum absolute atomic E-state index is 0. The van der Waals surface area contributed by atoms with Crippen LogP contribution in [0.5, 0.6) is 5.75 Å². The first-order valence-corrected chi connectivity index (χ1v) is 8.79. The van der Waals surface area contributed by atoms with Crippen molar-refractivity contribution in [3.05, 3.63) is 64.5 Å². The zero-order chi connectivity index (χ0) is 20.6. The summed E-state index contributed by atoms with van der Waals surface area (Å²) < 4.78 is 101. The second kappa shape index (κ2) is 7.64. The lowest BCUT2D eigenvalue weighted by atomic mass is 9.79. The summed E-state index contributed by atoms with van der Waals surface area (Å²) in [5.41, 5.74) is -1.40. The van der Waals surface area contributed by atoms with Gasteiger partial charge in [0, 0.05) is 15.0 Å². The number of hydrogen-bond donors (Lipinski definition) is 0. The highest BCUT2D eigenvalue weighted by Gasteiger charge is 2.42. The molecular weight excluding hydrogens is 389 g/mol. The molecule has 28 heavy (non-hydrogen) atoms. The summed E-state index contributed by atoms with van der Waals surface area (Å²) in [5, 5.41) is 0. The van der Waals surface area contributed by atoms with Crippen LogP contribution in [0.1, 0.15) is 52.5 Å². The number of ether oxygens (including phenoxy) is 1. The van der Waals surface area contributed by atoms with Crippen molar-refractivity contribution >= 4 is 0 Å². The highest BCUT2D eigenvalue weighted by Crippen LogP contribution is 2.40. The molecule has 156 valence electrons. The fourth-order valence-electron chi connectivity index (χ4n) is 3.49. The van der Waals surface area contributed by atoms with Gasteiger partial charge in [-0.05, 0) is 42.4 Å². The second-order valence-electron chi connectivity index (χ2n) is 7.14. The molecule has 0 aromatic heterocycles. The zero-order valence-corrected chi connectivity index (χ0v) is 14.8. The van der Waals surface area contributed by atoms with Gasteiger partial charge in [-0.3, -0.25) is 0 Å². The maximum Gasteiger partial charge on any atom is 0.432 e. The van der Waals surface area contributed by atoms with E-state index in [-0.39, 0.29) is 26.5 Å². The minimum atomic E-state index is -4.56. The van der Waals surface area contributed by atoms with Gasteiger partial charge in [0.15, 0.2) is 17.5 Å². The van der Waals surface area contributed by atoms with Crippen LogP contribution in [0.2, 0.25) is 0 Å². The number of alkyl halides is 2. The number of hydrogen-bond acceptors (Lipinski definition) is 1. The SMILES string of the molecule is CC1CCC(c2cc(F)c(C(F)(F)Oc3cc(F)c(F)c(F)c3)c(F)c2)CC1.[HH].[HH]. The Morgan fingerprint density at radius 2 is 1.32 bits per heavy atom. The number of halogens is 7. The molecule has 0 N–H and O–H groups in total. The Balaban J connectivity index is 0.00000225. The topological polar surface area (TPSA) is 9.23 Å². The van der Waals surface area contributed by atoms with Crippen LogP contribution in [0.15, 0.2) is 24.3 Å². The van der Waals surface area contributed by atoms with Crippen LogP contribution in [0.25, 0.3) is 0 Å². The molecule has 2 aromatic rings. The maximum atomic E-state index is 14.4. The lowest BCUT2D eigenvalue weighted by Gasteiger charge is -2.27. The van der Waals surface area contributed by atoms with Gasteiger partial charge in [0.2, 0.25) is 0 Å². The van der Waals surface area contributed by atoms with E-state index in [9.17, 15) is 30.7 Å². The molecule has 1 aliphatic rings. The molecule has 0 heterocycles. The number of rotatable bonds is 4. The Bertz CT molecular complexity index is 837. The van der Waals surface area contributed by atoms with E-state index >= 15 is 0 Å². The highest BCUT2D eigenvalue weighted by molar-refractivity contribution is 5.33. The summed E-state index contributed by atoms with van der Waals surface area (Å²) in [6.45, 7) is 2.07. The smallest absolute Gasteiger partial charge is 0.429 e. The predicted molar refractivity (Wildman–Crippen MR) is 91.8 cm³/mol. The third-order valence-corrected chi connectivity index (χ3v) is 5.05. The van der Waals surface area contributed by atoms with Crippen molar-refractivity contribution in [3.63, 3.8) is 0 Å². The van der Waals surface area contributed by atoms with Crippen LogP contribution in [0.3, 0.4) is 0 Å². The summed E-state index contributed by atoms with van der Waals surface area (Å²) in [6, 6.07) is 2.00. The Labute approximate surface area is 160 Å². The van der Waals surface area contributed by atoms with Crippen LogP contribution in [-0.4, -0.2) is 0 Å². The van der Waals surface area contributed by atoms with E-state index in [0.29, 0.717) is 18.8 Å². The van der Waals surface area contributed by atoms with E-state index in [0.717, 1.165) is 25.0 Å². The lowest BCUT2D eigenvalue weighted by molar-refractivity contribution is -0.189. The monoisotopic (exact) mass is 410 g/mol. The molecule has 0 atom stereocenters. The fourth-order valence-corrected chi connectivity index (χ4v) is 3.49. The first kappa shape index (κ1) is 20.5. The third kappa shape index (κ3) is 4.10. The van der Waals surface area contributed by atoms with Gasteiger partial charge >= 0.3 is 6.11 Å². The van der Waals surface area contributed by atoms with Crippen molar-refractivity contribution < 1.29 is 38.3 Å². The Morgan fingerprint density at radius 3 is 1.82 bits per heavy atom. The molecular formula is C20H21F7O. The molecule has 8 heteroatoms. The molecule has 0 radical (unpaired) electrons. The zero-order valence-electron chi connectivity index (χ0n) is 14.8. The normalized spacial score (nSPS) is 20.3. The second-order valence-corrected chi connectivity index (χ2v) is 7.14. The van der Waals surface area contributed by atoms with Crippen LogP contribution in [0.4, 0.5) is 30.7 Å². The van der Waals surface area contributed by atoms with Gasteiger partial charge in [0.25, 0.3) is 0 Å². The average Bonchev–Trinajstić information content (AvgIpc) is 2.59. The van der Waals surface area contributed by atoms with Crippen molar-refractivity contribution in [2.24, 2.45) is 5.92 Å². The van der Waals surface area contributed by atoms with Gasteiger partial charge in [-0.15, -0.1) is 0 Å². The Morgan fingerprint density at radius 1 is 0.821 bits per heavy atom. The Kier molecular flexibility index (Phi) is 5.59. The standard InChI is InChI=1S/C20H17F7O.2H2/c1-10-2-4-11(5-3-10)12-6-14(21)18(15(22)7-12)20(26,27)28-13-8-16(23)19(25)17(24)9-13;;/h6-11H,2-5H2,1H3;2*1H. The molecule has 1 fully saturated rings. The quantitative estimate of drug-likeness (QED) is 0.380. The molecule has 0 bridgehead atoms. The summed E-state index contributed by atoms with van der Waals surface area (Å²) in [5.74, 6) is -9.21. The minimum Gasteiger partial charge on any atom is -0.429 e. The van der Waals surface area contributed by atoms with Gasteiger partial charge in [-0.2, -0.15) is 8.78 Å². The van der Waals surface area contributed by atoms with E-state index < -0.39 is 46.5 Å². The van der Waals surface area contributed by atoms with Crippen LogP contribution >= 0.6 is 0 Å². The fraction of sp³-hybridized carbons (Fsp3) is 0.400. The maximum absolute atomic E-state index is 14.4. The molecule has 1 saturated carbocycles. The van der Waals surface area contributed by atoms with Crippen molar-refractivity contribution in [1.29, 1.82) is 0 Å². The molecule has 1 aliphatic carbocycles. The first-order chi connectivity index (χ1) is 13.1. The molecule has 2 aromatic carbocycles. The lowest BCUT2D eigenvalue weighted by Crippen LogP contribution is -2.26. The van der Waals surface area contributed by atoms with Crippen molar-refractivity contribution in [1.82, 2.24) is 0 Å². The van der Waals surface area contributed by atoms with E-state index in [1.54, 1.807) is 0 Å². The molecule has 1 nitrogen and oxygen atoms in total. The van der Waals surface area contributed by atoms with Gasteiger partial charge in [0.1, 0.15) is 22.9 Å². The molecule has 0 aliphatic heterocycles. The van der Waals surface area contributed by atoms with Crippen LogP contribution in [-0.2, 0) is 6.11 Å². The molecule has 0 amide bonds. The number of benzene rings is 2. The summed E-state index contributed by atoms with van der Waals surface area (Å²) in [7, 11) is 0. The van der Waals surface area contributed by atoms with Gasteiger partial charge in [0.05, 0.1) is 0 Å². The van der Waals surface area contributed by atoms with Crippen LogP contribution in [0, 0.1) is 35.0 Å². The summed E-state index contributed by atoms with van der Waals surface area (Å²) in [6.07, 6.45) is -1.43. The van der Waals surface area contributed by atoms with Gasteiger partial charge in [-0.1, -0.05) is 19.8 Å². The molecule has 0 spiro atoms. The van der Waals surface area contributed by atoms with Crippen molar-refractivity contribution in [3.8, 4) is 5.75 Å². The third-order valence-electron chi connectivity index (χ3n) is 5.05.